The summed E-state index contributed by atoms with van der Waals surface area (Å²) in [4.78, 5) is 11.3. The zero-order valence-electron chi connectivity index (χ0n) is 10.7. The Bertz CT molecular complexity index is 338. The van der Waals surface area contributed by atoms with E-state index in [-0.39, 0.29) is 19.3 Å². The van der Waals surface area contributed by atoms with Crippen molar-refractivity contribution < 1.29 is 31.8 Å². The summed E-state index contributed by atoms with van der Waals surface area (Å²) < 4.78 is 57.2. The van der Waals surface area contributed by atoms with E-state index in [0.717, 1.165) is 0 Å². The van der Waals surface area contributed by atoms with Crippen molar-refractivity contribution in [2.24, 2.45) is 5.73 Å². The maximum absolute atomic E-state index is 12.1. The maximum atomic E-state index is 12.1. The van der Waals surface area contributed by atoms with Crippen LogP contribution < -0.4 is 10.8 Å². The summed E-state index contributed by atoms with van der Waals surface area (Å²) >= 11 is 0. The highest BCUT2D eigenvalue weighted by atomic mass is 31.2. The van der Waals surface area contributed by atoms with Gasteiger partial charge in [0, 0.05) is 6.54 Å². The molecule has 0 heterocycles. The van der Waals surface area contributed by atoms with Crippen molar-refractivity contribution in [2.45, 2.75) is 26.1 Å². The van der Waals surface area contributed by atoms with Gasteiger partial charge in [0.2, 0.25) is 0 Å². The van der Waals surface area contributed by atoms with Crippen LogP contribution >= 0.6 is 7.52 Å². The first-order valence-corrected chi connectivity index (χ1v) is 7.39. The number of nitrogens with two attached hydrogens (primary N) is 1. The van der Waals surface area contributed by atoms with Crippen LogP contribution in [0.2, 0.25) is 0 Å². The topological polar surface area (TPSA) is 90.7 Å². The van der Waals surface area contributed by atoms with Crippen molar-refractivity contribution in [3.8, 4) is 0 Å². The van der Waals surface area contributed by atoms with Crippen molar-refractivity contribution in [1.82, 2.24) is 5.09 Å². The summed E-state index contributed by atoms with van der Waals surface area (Å²) in [5.41, 5.74) is 5.17. The fourth-order valence-electron chi connectivity index (χ4n) is 1.13. The molecule has 6 nitrogen and oxygen atoms in total. The fourth-order valence-corrected chi connectivity index (χ4v) is 2.85. The van der Waals surface area contributed by atoms with Crippen LogP contribution in [0.25, 0.3) is 0 Å². The molecule has 0 amide bonds. The maximum Gasteiger partial charge on any atom is 0.412 e. The second kappa shape index (κ2) is 7.84. The van der Waals surface area contributed by atoms with Crippen LogP contribution in [0, 0.1) is 0 Å². The third-order valence-corrected chi connectivity index (χ3v) is 4.06. The lowest BCUT2D eigenvalue weighted by Gasteiger charge is -2.23. The Morgan fingerprint density at radius 1 is 1.47 bits per heavy atom. The van der Waals surface area contributed by atoms with Crippen LogP contribution in [0.3, 0.4) is 0 Å². The lowest BCUT2D eigenvalue weighted by Crippen LogP contribution is -2.36. The third-order valence-electron chi connectivity index (χ3n) is 1.89. The summed E-state index contributed by atoms with van der Waals surface area (Å²) in [6.07, 6.45) is -4.92. The number of carbonyl (C=O) groups excluding carboxylic acids is 1. The molecule has 2 atom stereocenters. The molecule has 0 saturated carbocycles. The van der Waals surface area contributed by atoms with Crippen LogP contribution in [0.1, 0.15) is 13.8 Å². The summed E-state index contributed by atoms with van der Waals surface area (Å²) in [5, 5.41) is 2.23. The zero-order chi connectivity index (χ0) is 15.1. The Hall–Kier alpha value is -0.630. The predicted molar refractivity (Wildman–Crippen MR) is 62.8 cm³/mol. The Labute approximate surface area is 109 Å². The number of halogens is 3. The fraction of sp³-hybridized carbons (Fsp3) is 0.889. The monoisotopic (exact) mass is 306 g/mol. The molecule has 0 fully saturated rings. The van der Waals surface area contributed by atoms with Gasteiger partial charge >= 0.3 is 12.1 Å². The molecule has 0 aliphatic heterocycles. The van der Waals surface area contributed by atoms with Crippen LogP contribution in [0.4, 0.5) is 13.2 Å². The van der Waals surface area contributed by atoms with Gasteiger partial charge in [0.1, 0.15) is 6.04 Å². The van der Waals surface area contributed by atoms with Crippen molar-refractivity contribution >= 4 is 13.5 Å². The number of hydrogen-bond donors (Lipinski definition) is 2. The van der Waals surface area contributed by atoms with Crippen LogP contribution in [-0.4, -0.2) is 44.1 Å². The normalized spacial score (nSPS) is 16.7. The highest BCUT2D eigenvalue weighted by Crippen LogP contribution is 2.43. The number of carbonyl (C=O) groups is 1. The van der Waals surface area contributed by atoms with Gasteiger partial charge < -0.3 is 15.0 Å². The van der Waals surface area contributed by atoms with Gasteiger partial charge in [-0.05, 0) is 13.8 Å². The van der Waals surface area contributed by atoms with Crippen LogP contribution in [0.5, 0.6) is 0 Å². The van der Waals surface area contributed by atoms with E-state index in [2.05, 4.69) is 14.3 Å². The first kappa shape index (κ1) is 18.4. The van der Waals surface area contributed by atoms with Gasteiger partial charge in [0.05, 0.1) is 12.8 Å². The molecular formula is C9H18F3N2O4P. The predicted octanol–water partition coefficient (Wildman–Crippen LogP) is 1.26. The summed E-state index contributed by atoms with van der Waals surface area (Å²) in [6, 6.07) is -1.05. The van der Waals surface area contributed by atoms with Gasteiger partial charge in [-0.25, -0.2) is 5.09 Å². The minimum Gasteiger partial charge on any atom is -0.465 e. The molecule has 0 rings (SSSR count). The van der Waals surface area contributed by atoms with Gasteiger partial charge in [-0.2, -0.15) is 13.2 Å². The standard InChI is InChI=1S/C9H18F3N2O4P/c1-3-17-8(15)7(2)14-19(16,5-4-13)18-6-9(10,11)12/h7H,3-6,13H2,1-2H3,(H,14,16)/t7-,19?/m0/s1. The highest BCUT2D eigenvalue weighted by Gasteiger charge is 2.35. The molecule has 0 aromatic heterocycles. The van der Waals surface area contributed by atoms with E-state index in [9.17, 15) is 22.5 Å². The second-order valence-electron chi connectivity index (χ2n) is 3.68. The van der Waals surface area contributed by atoms with E-state index >= 15 is 0 Å². The molecule has 0 saturated heterocycles. The Morgan fingerprint density at radius 3 is 2.47 bits per heavy atom. The largest absolute Gasteiger partial charge is 0.465 e. The first-order chi connectivity index (χ1) is 8.63. The van der Waals surface area contributed by atoms with E-state index in [1.54, 1.807) is 6.92 Å². The molecule has 19 heavy (non-hydrogen) atoms. The minimum absolute atomic E-state index is 0.107. The number of alkyl halides is 3. The van der Waals surface area contributed by atoms with Crippen molar-refractivity contribution in [3.63, 3.8) is 0 Å². The molecule has 0 bridgehead atoms. The first-order valence-electron chi connectivity index (χ1n) is 5.58. The number of esters is 1. The van der Waals surface area contributed by atoms with Gasteiger partial charge in [-0.1, -0.05) is 0 Å². The molecule has 0 aromatic carbocycles. The molecule has 3 N–H and O–H groups in total. The molecule has 0 radical (unpaired) electrons. The van der Waals surface area contributed by atoms with Crippen LogP contribution in [0.15, 0.2) is 0 Å². The van der Waals surface area contributed by atoms with Gasteiger partial charge in [0.25, 0.3) is 7.52 Å². The molecular weight excluding hydrogens is 288 g/mol. The average Bonchev–Trinajstić information content (AvgIpc) is 2.26. The Kier molecular flexibility index (Phi) is 7.58. The summed E-state index contributed by atoms with van der Waals surface area (Å²) in [7, 11) is -3.85. The van der Waals surface area contributed by atoms with E-state index in [1.807, 2.05) is 0 Å². The van der Waals surface area contributed by atoms with E-state index < -0.39 is 32.3 Å². The quantitative estimate of drug-likeness (QED) is 0.518. The van der Waals surface area contributed by atoms with E-state index in [0.29, 0.717) is 0 Å². The number of nitrogens with one attached hydrogen (secondary N) is 1. The molecule has 0 spiro atoms. The second-order valence-corrected chi connectivity index (χ2v) is 5.99. The van der Waals surface area contributed by atoms with Crippen molar-refractivity contribution in [1.29, 1.82) is 0 Å². The Balaban J connectivity index is 4.61. The molecule has 0 aliphatic rings. The molecule has 0 aromatic rings. The lowest BCUT2D eigenvalue weighted by molar-refractivity contribution is -0.153. The van der Waals surface area contributed by atoms with E-state index in [1.165, 1.54) is 6.92 Å². The molecule has 1 unspecified atom stereocenters. The van der Waals surface area contributed by atoms with Crippen molar-refractivity contribution in [2.75, 3.05) is 25.9 Å². The van der Waals surface area contributed by atoms with Crippen molar-refractivity contribution in [3.05, 3.63) is 0 Å². The smallest absolute Gasteiger partial charge is 0.412 e. The lowest BCUT2D eigenvalue weighted by atomic mass is 10.4. The number of hydrogen-bond acceptors (Lipinski definition) is 5. The van der Waals surface area contributed by atoms with E-state index in [4.69, 9.17) is 5.73 Å². The van der Waals surface area contributed by atoms with Gasteiger partial charge in [-0.3, -0.25) is 9.36 Å². The minimum atomic E-state index is -4.61. The number of rotatable bonds is 8. The van der Waals surface area contributed by atoms with Gasteiger partial charge in [-0.15, -0.1) is 0 Å². The number of ether oxygens (including phenoxy) is 1. The highest BCUT2D eigenvalue weighted by molar-refractivity contribution is 7.56. The summed E-state index contributed by atoms with van der Waals surface area (Å²) in [6.45, 7) is 1.18. The van der Waals surface area contributed by atoms with Gasteiger partial charge in [0.15, 0.2) is 6.61 Å². The third kappa shape index (κ3) is 8.20. The Morgan fingerprint density at radius 2 is 2.05 bits per heavy atom. The average molecular weight is 306 g/mol. The molecule has 10 heteroatoms. The molecule has 0 aliphatic carbocycles. The summed E-state index contributed by atoms with van der Waals surface area (Å²) in [5.74, 6) is -0.727. The zero-order valence-corrected chi connectivity index (χ0v) is 11.6. The molecule has 114 valence electrons. The van der Waals surface area contributed by atoms with Crippen LogP contribution in [-0.2, 0) is 18.6 Å². The SMILES string of the molecule is CCOC(=O)[C@H](C)NP(=O)(CCN)OCC(F)(F)F.